The van der Waals surface area contributed by atoms with Crippen LogP contribution >= 0.6 is 15.9 Å². The van der Waals surface area contributed by atoms with Crippen molar-refractivity contribution in [1.29, 1.82) is 0 Å². The first kappa shape index (κ1) is 14.6. The lowest BCUT2D eigenvalue weighted by Crippen LogP contribution is -2.37. The monoisotopic (exact) mass is 327 g/mol. The highest BCUT2D eigenvalue weighted by Crippen LogP contribution is 2.23. The van der Waals surface area contributed by atoms with Gasteiger partial charge in [-0.2, -0.15) is 5.10 Å². The summed E-state index contributed by atoms with van der Waals surface area (Å²) in [5, 5.41) is 5.42. The van der Waals surface area contributed by atoms with Crippen molar-refractivity contribution in [3.05, 3.63) is 17.5 Å². The molecule has 1 unspecified atom stereocenters. The molecule has 1 amide bonds. The van der Waals surface area contributed by atoms with Crippen LogP contribution < -0.4 is 0 Å². The maximum atomic E-state index is 12.7. The molecular formula is C14H22BrN3O. The summed E-state index contributed by atoms with van der Waals surface area (Å²) in [4.78, 5) is 14.7. The first-order chi connectivity index (χ1) is 9.21. The van der Waals surface area contributed by atoms with E-state index in [0.29, 0.717) is 6.04 Å². The number of hydrogen-bond acceptors (Lipinski definition) is 2. The smallest absolute Gasteiger partial charge is 0.272 e. The maximum absolute atomic E-state index is 12.7. The van der Waals surface area contributed by atoms with Gasteiger partial charge in [-0.25, -0.2) is 0 Å². The topological polar surface area (TPSA) is 38.1 Å². The molecule has 0 bridgehead atoms. The second-order valence-corrected chi connectivity index (χ2v) is 5.76. The molecule has 1 fully saturated rings. The third-order valence-electron chi connectivity index (χ3n) is 3.79. The van der Waals surface area contributed by atoms with Gasteiger partial charge in [-0.05, 0) is 38.7 Å². The number of rotatable bonds is 5. The highest BCUT2D eigenvalue weighted by Gasteiger charge is 2.30. The summed E-state index contributed by atoms with van der Waals surface area (Å²) in [6.45, 7) is 5.73. The highest BCUT2D eigenvalue weighted by atomic mass is 79.9. The third-order valence-corrected chi connectivity index (χ3v) is 4.25. The summed E-state index contributed by atoms with van der Waals surface area (Å²) >= 11 is 3.48. The van der Waals surface area contributed by atoms with E-state index in [1.165, 1.54) is 0 Å². The largest absolute Gasteiger partial charge is 0.334 e. The van der Waals surface area contributed by atoms with Gasteiger partial charge >= 0.3 is 0 Å². The lowest BCUT2D eigenvalue weighted by atomic mass is 10.1. The number of nitrogens with zero attached hydrogens (tertiary/aromatic N) is 3. The fourth-order valence-corrected chi connectivity index (χ4v) is 3.26. The van der Waals surface area contributed by atoms with Gasteiger partial charge in [0, 0.05) is 24.5 Å². The van der Waals surface area contributed by atoms with Gasteiger partial charge in [0.2, 0.25) is 0 Å². The Labute approximate surface area is 123 Å². The van der Waals surface area contributed by atoms with E-state index >= 15 is 0 Å². The van der Waals surface area contributed by atoms with Crippen LogP contribution in [0.1, 0.15) is 49.3 Å². The van der Waals surface area contributed by atoms with Crippen LogP contribution in [0.25, 0.3) is 0 Å². The van der Waals surface area contributed by atoms with E-state index < -0.39 is 0 Å². The fraction of sp³-hybridized carbons (Fsp3) is 0.714. The van der Waals surface area contributed by atoms with E-state index in [9.17, 15) is 4.79 Å². The number of carbonyl (C=O) groups excluding carboxylic acids is 1. The summed E-state index contributed by atoms with van der Waals surface area (Å²) in [5.74, 6) is 0.150. The molecule has 0 N–H and O–H groups in total. The summed E-state index contributed by atoms with van der Waals surface area (Å²) in [6.07, 6.45) is 4.15. The zero-order valence-electron chi connectivity index (χ0n) is 11.7. The molecule has 1 aromatic heterocycles. The Bertz CT molecular complexity index is 444. The van der Waals surface area contributed by atoms with Crippen molar-refractivity contribution < 1.29 is 4.79 Å². The molecule has 1 aliphatic rings. The molecule has 1 aliphatic heterocycles. The molecule has 1 saturated heterocycles. The Hall–Kier alpha value is -0.840. The van der Waals surface area contributed by atoms with Crippen molar-refractivity contribution in [2.45, 2.75) is 52.1 Å². The molecule has 1 atom stereocenters. The van der Waals surface area contributed by atoms with Gasteiger partial charge in [0.1, 0.15) is 5.69 Å². The third kappa shape index (κ3) is 3.02. The van der Waals surface area contributed by atoms with Gasteiger partial charge in [0.25, 0.3) is 5.91 Å². The van der Waals surface area contributed by atoms with Gasteiger partial charge < -0.3 is 4.90 Å². The number of amides is 1. The van der Waals surface area contributed by atoms with Crippen LogP contribution in [-0.4, -0.2) is 38.5 Å². The predicted molar refractivity (Wildman–Crippen MR) is 79.7 cm³/mol. The van der Waals surface area contributed by atoms with Crippen LogP contribution in [-0.2, 0) is 13.0 Å². The van der Waals surface area contributed by atoms with Crippen LogP contribution in [0.15, 0.2) is 6.07 Å². The zero-order chi connectivity index (χ0) is 13.8. The molecule has 2 heterocycles. The quantitative estimate of drug-likeness (QED) is 0.780. The number of carbonyl (C=O) groups is 1. The average molecular weight is 328 g/mol. The second-order valence-electron chi connectivity index (χ2n) is 4.96. The van der Waals surface area contributed by atoms with E-state index in [-0.39, 0.29) is 5.91 Å². The van der Waals surface area contributed by atoms with E-state index in [2.05, 4.69) is 28.0 Å². The summed E-state index contributed by atoms with van der Waals surface area (Å²) in [5.41, 5.74) is 1.75. The molecule has 19 heavy (non-hydrogen) atoms. The Morgan fingerprint density at radius 3 is 2.95 bits per heavy atom. The molecular weight excluding hydrogens is 306 g/mol. The first-order valence-corrected chi connectivity index (χ1v) is 8.27. The lowest BCUT2D eigenvalue weighted by molar-refractivity contribution is 0.0722. The molecule has 5 heteroatoms. The fourth-order valence-electron chi connectivity index (χ4n) is 2.73. The molecule has 0 saturated carbocycles. The molecule has 0 aromatic carbocycles. The summed E-state index contributed by atoms with van der Waals surface area (Å²) < 4.78 is 1.84. The SMILES string of the molecule is CCc1cc(C(=O)N2CCCC2CCBr)n(CC)n1. The number of halogens is 1. The minimum Gasteiger partial charge on any atom is -0.334 e. The van der Waals surface area contributed by atoms with E-state index in [1.807, 2.05) is 22.6 Å². The van der Waals surface area contributed by atoms with Crippen LogP contribution in [0.4, 0.5) is 0 Å². The van der Waals surface area contributed by atoms with E-state index in [4.69, 9.17) is 0 Å². The minimum absolute atomic E-state index is 0.150. The number of likely N-dealkylation sites (tertiary alicyclic amines) is 1. The molecule has 1 aromatic rings. The van der Waals surface area contributed by atoms with Crippen molar-refractivity contribution >= 4 is 21.8 Å². The second kappa shape index (κ2) is 6.55. The first-order valence-electron chi connectivity index (χ1n) is 7.14. The average Bonchev–Trinajstić information content (AvgIpc) is 3.04. The van der Waals surface area contributed by atoms with Crippen molar-refractivity contribution in [1.82, 2.24) is 14.7 Å². The molecule has 2 rings (SSSR count). The predicted octanol–water partition coefficient (Wildman–Crippen LogP) is 2.86. The number of aryl methyl sites for hydroxylation is 2. The van der Waals surface area contributed by atoms with E-state index in [0.717, 1.165) is 55.5 Å². The number of aromatic nitrogens is 2. The van der Waals surface area contributed by atoms with Crippen LogP contribution in [0, 0.1) is 0 Å². The normalized spacial score (nSPS) is 19.1. The van der Waals surface area contributed by atoms with Crippen LogP contribution in [0.2, 0.25) is 0 Å². The van der Waals surface area contributed by atoms with Crippen molar-refractivity contribution in [3.8, 4) is 0 Å². The van der Waals surface area contributed by atoms with Crippen molar-refractivity contribution in [2.75, 3.05) is 11.9 Å². The van der Waals surface area contributed by atoms with Crippen molar-refractivity contribution in [2.24, 2.45) is 0 Å². The van der Waals surface area contributed by atoms with Crippen LogP contribution in [0.3, 0.4) is 0 Å². The van der Waals surface area contributed by atoms with Crippen LogP contribution in [0.5, 0.6) is 0 Å². The summed E-state index contributed by atoms with van der Waals surface area (Å²) in [7, 11) is 0. The highest BCUT2D eigenvalue weighted by molar-refractivity contribution is 9.09. The van der Waals surface area contributed by atoms with Gasteiger partial charge in [-0.15, -0.1) is 0 Å². The Morgan fingerprint density at radius 2 is 2.32 bits per heavy atom. The summed E-state index contributed by atoms with van der Waals surface area (Å²) in [6, 6.07) is 2.34. The Kier molecular flexibility index (Phi) is 5.02. The number of alkyl halides is 1. The molecule has 0 aliphatic carbocycles. The molecule has 0 radical (unpaired) electrons. The van der Waals surface area contributed by atoms with Gasteiger partial charge in [-0.3, -0.25) is 9.48 Å². The number of hydrogen-bond donors (Lipinski definition) is 0. The lowest BCUT2D eigenvalue weighted by Gasteiger charge is -2.24. The molecule has 106 valence electrons. The Balaban J connectivity index is 2.20. The van der Waals surface area contributed by atoms with Gasteiger partial charge in [-0.1, -0.05) is 22.9 Å². The standard InChI is InChI=1S/C14H22BrN3O/c1-3-11-10-13(18(4-2)16-11)14(19)17-9-5-6-12(17)7-8-15/h10,12H,3-9H2,1-2H3. The zero-order valence-corrected chi connectivity index (χ0v) is 13.3. The molecule has 0 spiro atoms. The minimum atomic E-state index is 0.150. The molecule has 4 nitrogen and oxygen atoms in total. The van der Waals surface area contributed by atoms with Gasteiger partial charge in [0.05, 0.1) is 5.69 Å². The van der Waals surface area contributed by atoms with Crippen molar-refractivity contribution in [3.63, 3.8) is 0 Å². The van der Waals surface area contributed by atoms with Gasteiger partial charge in [0.15, 0.2) is 0 Å². The maximum Gasteiger partial charge on any atom is 0.272 e. The van der Waals surface area contributed by atoms with E-state index in [1.54, 1.807) is 0 Å². The Morgan fingerprint density at radius 1 is 1.53 bits per heavy atom.